The van der Waals surface area contributed by atoms with Gasteiger partial charge in [0.2, 0.25) is 5.91 Å². The number of anilines is 1. The molecular weight excluding hydrogens is 210 g/mol. The number of rotatable bonds is 3. The van der Waals surface area contributed by atoms with Crippen molar-refractivity contribution in [2.24, 2.45) is 5.84 Å². The number of hydrazine groups is 1. The molecular formula is C9H11N5O2. The molecule has 1 aromatic heterocycles. The van der Waals surface area contributed by atoms with E-state index in [4.69, 9.17) is 5.84 Å². The highest BCUT2D eigenvalue weighted by molar-refractivity contribution is 6.01. The van der Waals surface area contributed by atoms with E-state index in [1.165, 1.54) is 0 Å². The summed E-state index contributed by atoms with van der Waals surface area (Å²) in [5.41, 5.74) is 3.00. The van der Waals surface area contributed by atoms with Crippen LogP contribution in [0.15, 0.2) is 18.2 Å². The van der Waals surface area contributed by atoms with Gasteiger partial charge in [0.25, 0.3) is 0 Å². The van der Waals surface area contributed by atoms with Gasteiger partial charge < -0.3 is 10.7 Å². The van der Waals surface area contributed by atoms with Gasteiger partial charge in [0.1, 0.15) is 5.82 Å². The molecule has 84 valence electrons. The number of imide groups is 1. The van der Waals surface area contributed by atoms with Gasteiger partial charge in [-0.3, -0.25) is 9.69 Å². The van der Waals surface area contributed by atoms with E-state index in [0.717, 1.165) is 4.90 Å². The smallest absolute Gasteiger partial charge is 0.324 e. The number of pyridine rings is 1. The molecule has 1 fully saturated rings. The molecule has 0 spiro atoms. The number of aromatic nitrogens is 1. The van der Waals surface area contributed by atoms with Crippen LogP contribution in [0.4, 0.5) is 10.6 Å². The molecule has 16 heavy (non-hydrogen) atoms. The van der Waals surface area contributed by atoms with Crippen LogP contribution < -0.4 is 16.6 Å². The summed E-state index contributed by atoms with van der Waals surface area (Å²) in [4.78, 5) is 27.8. The van der Waals surface area contributed by atoms with Gasteiger partial charge in [-0.15, -0.1) is 0 Å². The van der Waals surface area contributed by atoms with E-state index in [9.17, 15) is 9.59 Å². The SMILES string of the molecule is NNc1cccc(CN2C(=O)CNC2=O)n1. The number of carbonyl (C=O) groups is 2. The van der Waals surface area contributed by atoms with Gasteiger partial charge in [0.05, 0.1) is 18.8 Å². The fourth-order valence-corrected chi connectivity index (χ4v) is 1.43. The Morgan fingerprint density at radius 2 is 2.31 bits per heavy atom. The molecule has 0 bridgehead atoms. The number of nitrogens with one attached hydrogen (secondary N) is 2. The molecule has 0 saturated carbocycles. The van der Waals surface area contributed by atoms with Crippen molar-refractivity contribution in [2.45, 2.75) is 6.54 Å². The van der Waals surface area contributed by atoms with Gasteiger partial charge >= 0.3 is 6.03 Å². The first kappa shape index (κ1) is 10.4. The molecule has 7 nitrogen and oxygen atoms in total. The molecule has 0 aliphatic carbocycles. The van der Waals surface area contributed by atoms with Crippen LogP contribution >= 0.6 is 0 Å². The van der Waals surface area contributed by atoms with Crippen molar-refractivity contribution in [3.8, 4) is 0 Å². The Morgan fingerprint density at radius 3 is 2.94 bits per heavy atom. The molecule has 2 rings (SSSR count). The first-order chi connectivity index (χ1) is 7.70. The van der Waals surface area contributed by atoms with Gasteiger partial charge in [-0.2, -0.15) is 0 Å². The predicted molar refractivity (Wildman–Crippen MR) is 56.0 cm³/mol. The molecule has 0 radical (unpaired) electrons. The summed E-state index contributed by atoms with van der Waals surface area (Å²) in [6, 6.07) is 4.77. The van der Waals surface area contributed by atoms with E-state index in [0.29, 0.717) is 11.5 Å². The number of hydrogen-bond donors (Lipinski definition) is 3. The Kier molecular flexibility index (Phi) is 2.69. The second-order valence-electron chi connectivity index (χ2n) is 3.30. The molecule has 4 N–H and O–H groups in total. The van der Waals surface area contributed by atoms with Crippen molar-refractivity contribution in [3.63, 3.8) is 0 Å². The summed E-state index contributed by atoms with van der Waals surface area (Å²) in [5.74, 6) is 5.45. The molecule has 2 heterocycles. The van der Waals surface area contributed by atoms with Crippen LogP contribution in [0.2, 0.25) is 0 Å². The number of urea groups is 1. The van der Waals surface area contributed by atoms with Gasteiger partial charge in [-0.1, -0.05) is 6.07 Å². The number of nitrogens with zero attached hydrogens (tertiary/aromatic N) is 2. The first-order valence-corrected chi connectivity index (χ1v) is 4.71. The number of nitrogens with two attached hydrogens (primary N) is 1. The van der Waals surface area contributed by atoms with Crippen molar-refractivity contribution < 1.29 is 9.59 Å². The van der Waals surface area contributed by atoms with Gasteiger partial charge in [-0.25, -0.2) is 15.6 Å². The van der Waals surface area contributed by atoms with E-state index in [1.807, 2.05) is 0 Å². The fourth-order valence-electron chi connectivity index (χ4n) is 1.43. The lowest BCUT2D eigenvalue weighted by atomic mass is 10.3. The highest BCUT2D eigenvalue weighted by atomic mass is 16.2. The third-order valence-electron chi connectivity index (χ3n) is 2.21. The second-order valence-corrected chi connectivity index (χ2v) is 3.30. The molecule has 1 aliphatic rings. The van der Waals surface area contributed by atoms with Gasteiger partial charge in [0.15, 0.2) is 0 Å². The maximum absolute atomic E-state index is 11.3. The third-order valence-corrected chi connectivity index (χ3v) is 2.21. The van der Waals surface area contributed by atoms with Crippen LogP contribution in [0.25, 0.3) is 0 Å². The number of hydrogen-bond acceptors (Lipinski definition) is 5. The lowest BCUT2D eigenvalue weighted by molar-refractivity contribution is -0.125. The Hall–Kier alpha value is -2.15. The zero-order chi connectivity index (χ0) is 11.5. The average Bonchev–Trinajstić information content (AvgIpc) is 2.61. The molecule has 7 heteroatoms. The molecule has 0 unspecified atom stereocenters. The zero-order valence-electron chi connectivity index (χ0n) is 8.43. The predicted octanol–water partition coefficient (Wildman–Crippen LogP) is -0.581. The summed E-state index contributed by atoms with van der Waals surface area (Å²) in [6.45, 7) is 0.202. The molecule has 3 amide bonds. The van der Waals surface area contributed by atoms with E-state index >= 15 is 0 Å². The summed E-state index contributed by atoms with van der Waals surface area (Å²) in [7, 11) is 0. The quantitative estimate of drug-likeness (QED) is 0.360. The Bertz CT molecular complexity index is 418. The number of amides is 3. The number of carbonyl (C=O) groups excluding carboxylic acids is 2. The lowest BCUT2D eigenvalue weighted by Crippen LogP contribution is -2.30. The maximum atomic E-state index is 11.3. The van der Waals surface area contributed by atoms with Crippen LogP contribution in [0.3, 0.4) is 0 Å². The minimum absolute atomic E-state index is 0.0493. The van der Waals surface area contributed by atoms with Crippen molar-refractivity contribution in [1.29, 1.82) is 0 Å². The summed E-state index contributed by atoms with van der Waals surface area (Å²) in [5, 5.41) is 2.44. The molecule has 0 aromatic carbocycles. The summed E-state index contributed by atoms with van der Waals surface area (Å²) < 4.78 is 0. The van der Waals surface area contributed by atoms with E-state index in [-0.39, 0.29) is 19.0 Å². The zero-order valence-corrected chi connectivity index (χ0v) is 8.43. The minimum atomic E-state index is -0.391. The Balaban J connectivity index is 2.14. The maximum Gasteiger partial charge on any atom is 0.324 e. The molecule has 1 aromatic rings. The van der Waals surface area contributed by atoms with Crippen molar-refractivity contribution in [2.75, 3.05) is 12.0 Å². The third kappa shape index (κ3) is 1.94. The summed E-state index contributed by atoms with van der Waals surface area (Å²) in [6.07, 6.45) is 0. The van der Waals surface area contributed by atoms with Crippen LogP contribution in [0.1, 0.15) is 5.69 Å². The first-order valence-electron chi connectivity index (χ1n) is 4.71. The Morgan fingerprint density at radius 1 is 1.50 bits per heavy atom. The van der Waals surface area contributed by atoms with Gasteiger partial charge in [-0.05, 0) is 12.1 Å². The van der Waals surface area contributed by atoms with Crippen LogP contribution in [-0.4, -0.2) is 28.4 Å². The van der Waals surface area contributed by atoms with Crippen molar-refractivity contribution in [3.05, 3.63) is 23.9 Å². The normalized spacial score (nSPS) is 15.2. The largest absolute Gasteiger partial charge is 0.329 e. The van der Waals surface area contributed by atoms with Crippen molar-refractivity contribution in [1.82, 2.24) is 15.2 Å². The second kappa shape index (κ2) is 4.15. The van der Waals surface area contributed by atoms with E-state index in [1.54, 1.807) is 18.2 Å². The van der Waals surface area contributed by atoms with Crippen LogP contribution in [-0.2, 0) is 11.3 Å². The van der Waals surface area contributed by atoms with Crippen LogP contribution in [0, 0.1) is 0 Å². The number of nitrogen functional groups attached to an aromatic ring is 1. The van der Waals surface area contributed by atoms with Gasteiger partial charge in [0, 0.05) is 0 Å². The standard InChI is InChI=1S/C9H11N5O2/c10-13-7-3-1-2-6(12-7)5-14-8(15)4-11-9(14)16/h1-3H,4-5,10H2,(H,11,16)(H,12,13). The Labute approximate surface area is 91.6 Å². The molecule has 0 atom stereocenters. The van der Waals surface area contributed by atoms with E-state index < -0.39 is 6.03 Å². The van der Waals surface area contributed by atoms with Crippen molar-refractivity contribution >= 4 is 17.8 Å². The van der Waals surface area contributed by atoms with E-state index in [2.05, 4.69) is 15.7 Å². The monoisotopic (exact) mass is 221 g/mol. The van der Waals surface area contributed by atoms with Crippen LogP contribution in [0.5, 0.6) is 0 Å². The fraction of sp³-hybridized carbons (Fsp3) is 0.222. The molecule has 1 aliphatic heterocycles. The average molecular weight is 221 g/mol. The lowest BCUT2D eigenvalue weighted by Gasteiger charge is -2.11. The highest BCUT2D eigenvalue weighted by Crippen LogP contribution is 2.09. The minimum Gasteiger partial charge on any atom is -0.329 e. The summed E-state index contributed by atoms with van der Waals surface area (Å²) >= 11 is 0. The molecule has 1 saturated heterocycles. The topological polar surface area (TPSA) is 100 Å². The highest BCUT2D eigenvalue weighted by Gasteiger charge is 2.28.